The van der Waals surface area contributed by atoms with Gasteiger partial charge in [-0.1, -0.05) is 0 Å². The molecule has 0 aliphatic carbocycles. The van der Waals surface area contributed by atoms with E-state index >= 15 is 0 Å². The van der Waals surface area contributed by atoms with Gasteiger partial charge in [0.25, 0.3) is 0 Å². The van der Waals surface area contributed by atoms with Crippen LogP contribution in [0.3, 0.4) is 0 Å². The number of nitrogens with zero attached hydrogens (tertiary/aromatic N) is 2. The van der Waals surface area contributed by atoms with E-state index in [0.717, 1.165) is 20.3 Å². The number of fused-ring (bicyclic) bond motifs is 1. The first-order chi connectivity index (χ1) is 8.51. The summed E-state index contributed by atoms with van der Waals surface area (Å²) in [7, 11) is 0. The lowest BCUT2D eigenvalue weighted by molar-refractivity contribution is 0.415. The molecule has 1 aromatic carbocycles. The van der Waals surface area contributed by atoms with Gasteiger partial charge in [0.15, 0.2) is 12.4 Å². The molecule has 0 saturated heterocycles. The van der Waals surface area contributed by atoms with Crippen molar-refractivity contribution in [1.82, 2.24) is 4.65 Å². The number of hydrogen-bond acceptors (Lipinski definition) is 2. The number of hydrogen-bond donors (Lipinski definition) is 0. The monoisotopic (exact) mass is 416 g/mol. The van der Waals surface area contributed by atoms with E-state index in [-0.39, 0.29) is 0 Å². The smallest absolute Gasteiger partial charge is 0.159 e. The highest BCUT2D eigenvalue weighted by Crippen LogP contribution is 2.44. The summed E-state index contributed by atoms with van der Waals surface area (Å²) >= 11 is 18.4. The molecule has 100 valence electrons. The molecule has 0 aromatic heterocycles. The normalized spacial score (nSPS) is 22.4. The van der Waals surface area contributed by atoms with Crippen molar-refractivity contribution in [1.29, 1.82) is 0 Å². The quantitative estimate of drug-likeness (QED) is 0.414. The Morgan fingerprint density at radius 1 is 1.22 bits per heavy atom. The van der Waals surface area contributed by atoms with E-state index in [1.54, 1.807) is 0 Å². The molecule has 1 aliphatic heterocycles. The molecule has 0 spiro atoms. The average molecular weight is 419 g/mol. The molecule has 0 saturated carbocycles. The van der Waals surface area contributed by atoms with Crippen LogP contribution in [0.4, 0.5) is 11.4 Å². The lowest BCUT2D eigenvalue weighted by atomic mass is 10.2. The zero-order valence-corrected chi connectivity index (χ0v) is 14.2. The number of anilines is 1. The number of benzene rings is 1. The summed E-state index contributed by atoms with van der Waals surface area (Å²) in [5.41, 5.74) is 1.68. The van der Waals surface area contributed by atoms with E-state index in [9.17, 15) is 5.21 Å². The van der Waals surface area contributed by atoms with E-state index < -0.39 is 4.65 Å². The fourth-order valence-corrected chi connectivity index (χ4v) is 3.29. The van der Waals surface area contributed by atoms with Crippen LogP contribution in [0.5, 0.6) is 0 Å². The van der Waals surface area contributed by atoms with Gasteiger partial charge in [-0.3, -0.25) is 0 Å². The van der Waals surface area contributed by atoms with Crippen molar-refractivity contribution >= 4 is 66.4 Å². The Kier molecular flexibility index (Phi) is 4.84. The third-order valence-corrected chi connectivity index (χ3v) is 5.18. The average Bonchev–Trinajstić information content (AvgIpc) is 2.55. The summed E-state index contributed by atoms with van der Waals surface area (Å²) in [6, 6.07) is 3.82. The second-order valence-corrected chi connectivity index (χ2v) is 6.62. The first kappa shape index (κ1) is 14.9. The molecule has 18 heavy (non-hydrogen) atoms. The summed E-state index contributed by atoms with van der Waals surface area (Å²) in [5, 5.41) is 12.8. The molecule has 0 N–H and O–H groups in total. The van der Waals surface area contributed by atoms with Gasteiger partial charge in [-0.05, 0) is 37.9 Å². The first-order valence-corrected chi connectivity index (χ1v) is 8.12. The van der Waals surface area contributed by atoms with Crippen LogP contribution < -0.4 is 9.55 Å². The number of quaternary nitrogens is 1. The van der Waals surface area contributed by atoms with Crippen LogP contribution in [0, 0.1) is 5.21 Å². The highest BCUT2D eigenvalue weighted by molar-refractivity contribution is 9.13. The fourth-order valence-electron chi connectivity index (χ4n) is 2.15. The molecule has 1 aliphatic rings. The van der Waals surface area contributed by atoms with Gasteiger partial charge in [0.1, 0.15) is 5.69 Å². The Morgan fingerprint density at radius 3 is 2.50 bits per heavy atom. The zero-order valence-electron chi connectivity index (χ0n) is 9.50. The van der Waals surface area contributed by atoms with Crippen molar-refractivity contribution in [2.24, 2.45) is 0 Å². The minimum atomic E-state index is -0.415. The minimum Gasteiger partial charge on any atom is -0.626 e. The van der Waals surface area contributed by atoms with Crippen molar-refractivity contribution in [3.05, 3.63) is 26.3 Å². The summed E-state index contributed by atoms with van der Waals surface area (Å²) in [6.07, 6.45) is 0. The maximum absolute atomic E-state index is 12.8. The lowest BCUT2D eigenvalue weighted by Gasteiger charge is -2.37. The van der Waals surface area contributed by atoms with Crippen LogP contribution in [0.2, 0.25) is 0 Å². The van der Waals surface area contributed by atoms with Crippen molar-refractivity contribution in [2.45, 2.75) is 0 Å². The number of alkyl halides is 2. The van der Waals surface area contributed by atoms with Crippen LogP contribution >= 0.6 is 55.1 Å². The zero-order chi connectivity index (χ0) is 13.3. The Balaban J connectivity index is 2.47. The van der Waals surface area contributed by atoms with Gasteiger partial charge in [-0.2, -0.15) is 0 Å². The largest absolute Gasteiger partial charge is 0.626 e. The van der Waals surface area contributed by atoms with E-state index in [2.05, 4.69) is 31.9 Å². The second kappa shape index (κ2) is 5.85. The van der Waals surface area contributed by atoms with Gasteiger partial charge in [-0.15, -0.1) is 23.2 Å². The molecule has 1 unspecified atom stereocenters. The molecule has 0 bridgehead atoms. The van der Waals surface area contributed by atoms with Gasteiger partial charge in [0, 0.05) is 27.4 Å². The Labute approximate surface area is 133 Å². The van der Waals surface area contributed by atoms with Crippen LogP contribution in [0.1, 0.15) is 0 Å². The summed E-state index contributed by atoms with van der Waals surface area (Å²) in [4.78, 5) is 2.01. The standard InChI is InChI=1S/C11H12Br2Cl2N2O/c12-8-5-10-11(6-9(8)13)17(18,4-2-15)7-16(10)3-1-14/h5-6H,1-4,7H2. The molecule has 3 nitrogen and oxygen atoms in total. The Bertz CT molecular complexity index is 461. The van der Waals surface area contributed by atoms with Crippen molar-refractivity contribution in [3.63, 3.8) is 0 Å². The maximum Gasteiger partial charge on any atom is 0.159 e. The van der Waals surface area contributed by atoms with E-state index in [4.69, 9.17) is 23.2 Å². The molecule has 0 fully saturated rings. The van der Waals surface area contributed by atoms with E-state index in [1.165, 1.54) is 0 Å². The van der Waals surface area contributed by atoms with Crippen molar-refractivity contribution in [3.8, 4) is 0 Å². The molecule has 0 amide bonds. The van der Waals surface area contributed by atoms with Crippen LogP contribution in [0.25, 0.3) is 0 Å². The topological polar surface area (TPSA) is 26.3 Å². The van der Waals surface area contributed by atoms with Crippen molar-refractivity contribution < 1.29 is 0 Å². The minimum absolute atomic E-state index is 0.339. The molecule has 1 heterocycles. The number of rotatable bonds is 4. The van der Waals surface area contributed by atoms with Gasteiger partial charge in [0.05, 0.1) is 12.4 Å². The predicted molar refractivity (Wildman–Crippen MR) is 85.5 cm³/mol. The summed E-state index contributed by atoms with van der Waals surface area (Å²) in [5.74, 6) is 0.833. The van der Waals surface area contributed by atoms with E-state index in [0.29, 0.717) is 31.5 Å². The molecule has 1 atom stereocenters. The highest BCUT2D eigenvalue weighted by Gasteiger charge is 2.36. The van der Waals surface area contributed by atoms with Crippen LogP contribution in [0.15, 0.2) is 21.1 Å². The summed E-state index contributed by atoms with van der Waals surface area (Å²) in [6.45, 7) is 1.40. The van der Waals surface area contributed by atoms with Crippen LogP contribution in [-0.4, -0.2) is 31.5 Å². The number of halogens is 4. The third kappa shape index (κ3) is 2.67. The fraction of sp³-hybridized carbons (Fsp3) is 0.455. The lowest BCUT2D eigenvalue weighted by Crippen LogP contribution is -2.47. The van der Waals surface area contributed by atoms with Gasteiger partial charge in [-0.25, -0.2) is 0 Å². The summed E-state index contributed by atoms with van der Waals surface area (Å²) < 4.78 is 1.39. The van der Waals surface area contributed by atoms with Gasteiger partial charge in [0.2, 0.25) is 0 Å². The molecule has 0 radical (unpaired) electrons. The Hall–Kier alpha value is 0.480. The van der Waals surface area contributed by atoms with Gasteiger partial charge >= 0.3 is 0 Å². The molecular formula is C11H12Br2Cl2N2O. The van der Waals surface area contributed by atoms with Crippen LogP contribution in [-0.2, 0) is 0 Å². The SMILES string of the molecule is [O-][N+]1(CCCl)CN(CCCl)c2cc(Br)c(Br)cc21. The molecular weight excluding hydrogens is 407 g/mol. The second-order valence-electron chi connectivity index (χ2n) is 4.15. The third-order valence-electron chi connectivity index (χ3n) is 3.00. The highest BCUT2D eigenvalue weighted by atomic mass is 79.9. The molecule has 1 aromatic rings. The van der Waals surface area contributed by atoms with Gasteiger partial charge < -0.3 is 14.8 Å². The van der Waals surface area contributed by atoms with E-state index in [1.807, 2.05) is 17.0 Å². The molecule has 7 heteroatoms. The van der Waals surface area contributed by atoms with Crippen molar-refractivity contribution in [2.75, 3.05) is 36.4 Å². The molecule has 2 rings (SSSR count). The first-order valence-electron chi connectivity index (χ1n) is 5.46. The predicted octanol–water partition coefficient (Wildman–Crippen LogP) is 4.27. The number of hydroxylamine groups is 2. The Morgan fingerprint density at radius 2 is 1.89 bits per heavy atom. The maximum atomic E-state index is 12.8.